The quantitative estimate of drug-likeness (QED) is 0.558. The smallest absolute Gasteiger partial charge is 0.0886 e. The number of hydrogen-bond donors (Lipinski definition) is 1. The summed E-state index contributed by atoms with van der Waals surface area (Å²) >= 11 is 0. The zero-order chi connectivity index (χ0) is 7.68. The van der Waals surface area contributed by atoms with E-state index in [0.717, 1.165) is 24.2 Å². The van der Waals surface area contributed by atoms with Gasteiger partial charge < -0.3 is 5.73 Å². The van der Waals surface area contributed by atoms with E-state index in [1.165, 1.54) is 5.56 Å². The fraction of sp³-hybridized carbons (Fsp3) is 0.222. The third-order valence-corrected chi connectivity index (χ3v) is 1.91. The van der Waals surface area contributed by atoms with Gasteiger partial charge in [-0.25, -0.2) is 0 Å². The van der Waals surface area contributed by atoms with Gasteiger partial charge in [0, 0.05) is 6.21 Å². The minimum absolute atomic E-state index is 0.790. The number of aryl methyl sites for hydroxylation is 1. The normalized spacial score (nSPS) is 14.5. The molecule has 0 unspecified atom stereocenters. The van der Waals surface area contributed by atoms with Gasteiger partial charge in [-0.15, -0.1) is 0 Å². The predicted octanol–water partition coefficient (Wildman–Crippen LogP) is 1.92. The van der Waals surface area contributed by atoms with Crippen molar-refractivity contribution in [3.63, 3.8) is 0 Å². The number of nitrogen functional groups attached to an aromatic ring is 1. The molecule has 2 heteroatoms. The molecule has 1 heterocycles. The molecule has 1 aliphatic rings. The van der Waals surface area contributed by atoms with E-state index >= 15 is 0 Å². The van der Waals surface area contributed by atoms with Crippen molar-refractivity contribution in [2.24, 2.45) is 4.99 Å². The Hall–Kier alpha value is -1.31. The molecule has 0 amide bonds. The Bertz CT molecular complexity index is 302. The van der Waals surface area contributed by atoms with Gasteiger partial charge in [0.1, 0.15) is 0 Å². The van der Waals surface area contributed by atoms with E-state index < -0.39 is 0 Å². The Morgan fingerprint density at radius 2 is 2.27 bits per heavy atom. The number of para-hydroxylation sites is 1. The molecule has 1 aliphatic heterocycles. The molecule has 56 valence electrons. The summed E-state index contributed by atoms with van der Waals surface area (Å²) in [6.07, 6.45) is 4.04. The van der Waals surface area contributed by atoms with Crippen molar-refractivity contribution in [3.05, 3.63) is 23.8 Å². The molecule has 1 aromatic carbocycles. The van der Waals surface area contributed by atoms with Crippen LogP contribution in [-0.4, -0.2) is 6.21 Å². The summed E-state index contributed by atoms with van der Waals surface area (Å²) in [7, 11) is 0. The summed E-state index contributed by atoms with van der Waals surface area (Å²) in [5, 5.41) is 0. The lowest BCUT2D eigenvalue weighted by Gasteiger charge is -2.10. The lowest BCUT2D eigenvalue weighted by Crippen LogP contribution is -1.96. The first kappa shape index (κ1) is 6.40. The van der Waals surface area contributed by atoms with E-state index in [4.69, 9.17) is 5.73 Å². The Balaban J connectivity index is 2.60. The molecule has 0 fully saturated rings. The molecule has 0 spiro atoms. The maximum Gasteiger partial charge on any atom is 0.0886 e. The molecular weight excluding hydrogens is 136 g/mol. The van der Waals surface area contributed by atoms with Crippen LogP contribution in [0.4, 0.5) is 11.4 Å². The molecule has 0 atom stereocenters. The van der Waals surface area contributed by atoms with Crippen molar-refractivity contribution in [1.29, 1.82) is 0 Å². The van der Waals surface area contributed by atoms with Crippen molar-refractivity contribution < 1.29 is 0 Å². The molecule has 0 saturated heterocycles. The fourth-order valence-corrected chi connectivity index (χ4v) is 1.35. The number of nitrogens with zero attached hydrogens (tertiary/aromatic N) is 1. The summed E-state index contributed by atoms with van der Waals surface area (Å²) in [4.78, 5) is 4.24. The van der Waals surface area contributed by atoms with Crippen molar-refractivity contribution >= 4 is 17.6 Å². The monoisotopic (exact) mass is 146 g/mol. The number of rotatable bonds is 0. The summed E-state index contributed by atoms with van der Waals surface area (Å²) in [5.41, 5.74) is 8.76. The first-order valence-corrected chi connectivity index (χ1v) is 3.78. The molecule has 0 bridgehead atoms. The van der Waals surface area contributed by atoms with Crippen LogP contribution in [0.15, 0.2) is 23.2 Å². The van der Waals surface area contributed by atoms with Crippen LogP contribution < -0.4 is 5.73 Å². The highest BCUT2D eigenvalue weighted by molar-refractivity contribution is 5.76. The molecule has 1 aromatic rings. The predicted molar refractivity (Wildman–Crippen MR) is 47.3 cm³/mol. The third-order valence-electron chi connectivity index (χ3n) is 1.91. The van der Waals surface area contributed by atoms with Crippen LogP contribution >= 0.6 is 0 Å². The van der Waals surface area contributed by atoms with Crippen molar-refractivity contribution in [1.82, 2.24) is 0 Å². The molecule has 2 N–H and O–H groups in total. The Kier molecular flexibility index (Phi) is 1.39. The molecule has 0 saturated carbocycles. The van der Waals surface area contributed by atoms with Gasteiger partial charge in [-0.2, -0.15) is 0 Å². The maximum absolute atomic E-state index is 5.73. The summed E-state index contributed by atoms with van der Waals surface area (Å²) in [6, 6.07) is 5.96. The first-order chi connectivity index (χ1) is 5.38. The van der Waals surface area contributed by atoms with Crippen LogP contribution in [0.5, 0.6) is 0 Å². The van der Waals surface area contributed by atoms with E-state index in [-0.39, 0.29) is 0 Å². The second-order valence-electron chi connectivity index (χ2n) is 2.71. The highest BCUT2D eigenvalue weighted by Crippen LogP contribution is 2.29. The number of hydrogen-bond acceptors (Lipinski definition) is 2. The van der Waals surface area contributed by atoms with Gasteiger partial charge in [0.25, 0.3) is 0 Å². The highest BCUT2D eigenvalue weighted by Gasteiger charge is 2.06. The SMILES string of the molecule is Nc1cccc2c1N=CCC2. The lowest BCUT2D eigenvalue weighted by atomic mass is 10.0. The van der Waals surface area contributed by atoms with Crippen molar-refractivity contribution in [2.75, 3.05) is 5.73 Å². The molecule has 11 heavy (non-hydrogen) atoms. The minimum Gasteiger partial charge on any atom is -0.397 e. The molecule has 2 nitrogen and oxygen atoms in total. The number of benzene rings is 1. The first-order valence-electron chi connectivity index (χ1n) is 3.78. The zero-order valence-electron chi connectivity index (χ0n) is 6.25. The average molecular weight is 146 g/mol. The zero-order valence-corrected chi connectivity index (χ0v) is 6.25. The fourth-order valence-electron chi connectivity index (χ4n) is 1.35. The van der Waals surface area contributed by atoms with Gasteiger partial charge in [0.15, 0.2) is 0 Å². The van der Waals surface area contributed by atoms with Crippen LogP contribution in [0.25, 0.3) is 0 Å². The third kappa shape index (κ3) is 1.00. The molecule has 0 aliphatic carbocycles. The maximum atomic E-state index is 5.73. The van der Waals surface area contributed by atoms with Gasteiger partial charge in [-0.05, 0) is 24.5 Å². The van der Waals surface area contributed by atoms with E-state index in [1.54, 1.807) is 0 Å². The van der Waals surface area contributed by atoms with Crippen molar-refractivity contribution in [3.8, 4) is 0 Å². The average Bonchev–Trinajstić information content (AvgIpc) is 2.06. The Morgan fingerprint density at radius 3 is 3.09 bits per heavy atom. The van der Waals surface area contributed by atoms with E-state index in [9.17, 15) is 0 Å². The second-order valence-corrected chi connectivity index (χ2v) is 2.71. The van der Waals surface area contributed by atoms with E-state index in [2.05, 4.69) is 11.1 Å². The number of nitrogens with two attached hydrogens (primary N) is 1. The van der Waals surface area contributed by atoms with Crippen LogP contribution in [0.2, 0.25) is 0 Å². The number of aliphatic imine (C=N–C) groups is 1. The lowest BCUT2D eigenvalue weighted by molar-refractivity contribution is 1.03. The summed E-state index contributed by atoms with van der Waals surface area (Å²) < 4.78 is 0. The summed E-state index contributed by atoms with van der Waals surface area (Å²) in [6.45, 7) is 0. The van der Waals surface area contributed by atoms with Crippen LogP contribution in [-0.2, 0) is 6.42 Å². The topological polar surface area (TPSA) is 38.4 Å². The molecular formula is C9H10N2. The molecule has 2 rings (SSSR count). The standard InChI is InChI=1S/C9H10N2/c10-8-5-1-3-7-4-2-6-11-9(7)8/h1,3,5-6H,2,4,10H2. The van der Waals surface area contributed by atoms with E-state index in [1.807, 2.05) is 18.3 Å². The van der Waals surface area contributed by atoms with Crippen LogP contribution in [0.3, 0.4) is 0 Å². The number of fused-ring (bicyclic) bond motifs is 1. The van der Waals surface area contributed by atoms with Gasteiger partial charge in [0.05, 0.1) is 11.4 Å². The highest BCUT2D eigenvalue weighted by atomic mass is 14.8. The van der Waals surface area contributed by atoms with E-state index in [0.29, 0.717) is 0 Å². The largest absolute Gasteiger partial charge is 0.397 e. The van der Waals surface area contributed by atoms with Gasteiger partial charge in [-0.3, -0.25) is 4.99 Å². The van der Waals surface area contributed by atoms with Crippen LogP contribution in [0, 0.1) is 0 Å². The number of anilines is 1. The molecule has 0 radical (unpaired) electrons. The van der Waals surface area contributed by atoms with Gasteiger partial charge >= 0.3 is 0 Å². The van der Waals surface area contributed by atoms with Crippen molar-refractivity contribution in [2.45, 2.75) is 12.8 Å². The van der Waals surface area contributed by atoms with Gasteiger partial charge in [-0.1, -0.05) is 12.1 Å². The Labute approximate surface area is 65.8 Å². The minimum atomic E-state index is 0.790. The second kappa shape index (κ2) is 2.38. The summed E-state index contributed by atoms with van der Waals surface area (Å²) in [5.74, 6) is 0. The van der Waals surface area contributed by atoms with Gasteiger partial charge in [0.2, 0.25) is 0 Å². The molecule has 0 aromatic heterocycles. The van der Waals surface area contributed by atoms with Crippen LogP contribution in [0.1, 0.15) is 12.0 Å². The Morgan fingerprint density at radius 1 is 1.36 bits per heavy atom.